The van der Waals surface area contributed by atoms with E-state index in [-0.39, 0.29) is 11.6 Å². The Morgan fingerprint density at radius 2 is 1.83 bits per heavy atom. The van der Waals surface area contributed by atoms with Gasteiger partial charge in [0.2, 0.25) is 0 Å². The molecular weight excluding hydrogens is 376 g/mol. The predicted octanol–water partition coefficient (Wildman–Crippen LogP) is 2.62. The van der Waals surface area contributed by atoms with E-state index in [0.29, 0.717) is 36.6 Å². The zero-order valence-electron chi connectivity index (χ0n) is 16.8. The van der Waals surface area contributed by atoms with Crippen LogP contribution in [0.1, 0.15) is 47.1 Å². The third-order valence-corrected chi connectivity index (χ3v) is 5.10. The first-order valence-corrected chi connectivity index (χ1v) is 9.55. The molecule has 0 saturated carbocycles. The normalized spacial score (nSPS) is 14.7. The first-order chi connectivity index (χ1) is 13.8. The van der Waals surface area contributed by atoms with Crippen molar-refractivity contribution in [3.8, 4) is 0 Å². The lowest BCUT2D eigenvalue weighted by Crippen LogP contribution is -2.38. The average Bonchev–Trinajstić information content (AvgIpc) is 3.30. The summed E-state index contributed by atoms with van der Waals surface area (Å²) >= 11 is 0. The molecule has 1 amide bonds. The molecule has 0 aliphatic carbocycles. The monoisotopic (exact) mass is 400 g/mol. The Labute approximate surface area is 168 Å². The van der Waals surface area contributed by atoms with Gasteiger partial charge in [0.05, 0.1) is 17.0 Å². The molecule has 1 saturated heterocycles. The lowest BCUT2D eigenvalue weighted by atomic mass is 10.1. The van der Waals surface area contributed by atoms with Crippen LogP contribution in [0.5, 0.6) is 0 Å². The number of rotatable bonds is 6. The van der Waals surface area contributed by atoms with Gasteiger partial charge in [0, 0.05) is 13.1 Å². The minimum absolute atomic E-state index is 0.0156. The number of nitrogens with zero attached hydrogens (tertiary/aromatic N) is 4. The van der Waals surface area contributed by atoms with Gasteiger partial charge >= 0.3 is 11.7 Å². The molecule has 1 aromatic heterocycles. The molecule has 2 heterocycles. The zero-order valence-corrected chi connectivity index (χ0v) is 16.8. The molecule has 1 aromatic carbocycles. The summed E-state index contributed by atoms with van der Waals surface area (Å²) < 4.78 is 6.88. The molecule has 9 heteroatoms. The smallest absolute Gasteiger partial charge is 0.338 e. The van der Waals surface area contributed by atoms with E-state index in [4.69, 9.17) is 4.74 Å². The van der Waals surface area contributed by atoms with E-state index < -0.39 is 17.0 Å². The van der Waals surface area contributed by atoms with Gasteiger partial charge in [0.1, 0.15) is 11.4 Å². The fraction of sp³-hybridized carbons (Fsp3) is 0.450. The number of carbonyl (C=O) groups is 2. The summed E-state index contributed by atoms with van der Waals surface area (Å²) in [5.41, 5.74) is 2.04. The van der Waals surface area contributed by atoms with Gasteiger partial charge in [-0.15, -0.1) is 0 Å². The fourth-order valence-corrected chi connectivity index (χ4v) is 3.50. The van der Waals surface area contributed by atoms with Gasteiger partial charge in [-0.25, -0.2) is 4.79 Å². The number of amides is 1. The summed E-state index contributed by atoms with van der Waals surface area (Å²) in [5.74, 6) is -0.725. The fourth-order valence-electron chi connectivity index (χ4n) is 3.50. The van der Waals surface area contributed by atoms with Crippen molar-refractivity contribution in [2.24, 2.45) is 0 Å². The summed E-state index contributed by atoms with van der Waals surface area (Å²) in [6.07, 6.45) is 1.13. The van der Waals surface area contributed by atoms with E-state index in [2.05, 4.69) is 5.10 Å². The molecule has 9 nitrogen and oxygen atoms in total. The highest BCUT2D eigenvalue weighted by Gasteiger charge is 2.26. The molecule has 1 fully saturated rings. The Morgan fingerprint density at radius 1 is 1.21 bits per heavy atom. The van der Waals surface area contributed by atoms with Gasteiger partial charge in [0.25, 0.3) is 5.91 Å². The summed E-state index contributed by atoms with van der Waals surface area (Å²) in [6.45, 7) is 6.61. The number of hydrogen-bond donors (Lipinski definition) is 0. The quantitative estimate of drug-likeness (QED) is 0.419. The number of esters is 1. The van der Waals surface area contributed by atoms with Gasteiger partial charge in [-0.05, 0) is 51.3 Å². The number of carbonyl (C=O) groups excluding carboxylic acids is 2. The Balaban J connectivity index is 1.64. The predicted molar refractivity (Wildman–Crippen MR) is 105 cm³/mol. The number of aryl methyl sites for hydroxylation is 1. The molecular formula is C20H24N4O5. The molecule has 29 heavy (non-hydrogen) atoms. The summed E-state index contributed by atoms with van der Waals surface area (Å²) in [7, 11) is 0. The van der Waals surface area contributed by atoms with E-state index >= 15 is 0 Å². The van der Waals surface area contributed by atoms with Crippen LogP contribution in [0.4, 0.5) is 5.69 Å². The number of hydrogen-bond acceptors (Lipinski definition) is 6. The van der Waals surface area contributed by atoms with Crippen LogP contribution in [0.15, 0.2) is 24.3 Å². The van der Waals surface area contributed by atoms with E-state index in [1.165, 1.54) is 0 Å². The summed E-state index contributed by atoms with van der Waals surface area (Å²) in [4.78, 5) is 37.0. The van der Waals surface area contributed by atoms with E-state index in [1.807, 2.05) is 0 Å². The van der Waals surface area contributed by atoms with Crippen molar-refractivity contribution < 1.29 is 19.2 Å². The molecule has 1 aliphatic heterocycles. The maximum Gasteiger partial charge on any atom is 0.338 e. The molecule has 1 atom stereocenters. The highest BCUT2D eigenvalue weighted by atomic mass is 16.6. The average molecular weight is 400 g/mol. The van der Waals surface area contributed by atoms with Crippen LogP contribution in [-0.2, 0) is 16.1 Å². The first kappa shape index (κ1) is 20.5. The topological polar surface area (TPSA) is 108 Å². The van der Waals surface area contributed by atoms with Crippen molar-refractivity contribution in [1.29, 1.82) is 0 Å². The van der Waals surface area contributed by atoms with Crippen LogP contribution in [0.2, 0.25) is 0 Å². The zero-order chi connectivity index (χ0) is 21.1. The van der Waals surface area contributed by atoms with Crippen molar-refractivity contribution in [1.82, 2.24) is 14.7 Å². The SMILES string of the molecule is Cc1nn(Cc2ccc(C(=O)O[C@H](C)C(=O)N3CCCC3)cc2)c(C)c1[N+](=O)[O-]. The molecule has 0 bridgehead atoms. The van der Waals surface area contributed by atoms with Gasteiger partial charge in [0.15, 0.2) is 6.10 Å². The summed E-state index contributed by atoms with van der Waals surface area (Å²) in [6, 6.07) is 6.72. The number of ether oxygens (including phenoxy) is 1. The standard InChI is InChI=1S/C20H24N4O5/c1-13-18(24(27)28)14(2)23(21-13)12-16-6-8-17(9-7-16)20(26)29-15(3)19(25)22-10-4-5-11-22/h6-9,15H,4-5,10-12H2,1-3H3/t15-/m1/s1. The van der Waals surface area contributed by atoms with Crippen LogP contribution >= 0.6 is 0 Å². The van der Waals surface area contributed by atoms with Crippen molar-refractivity contribution in [2.45, 2.75) is 46.3 Å². The maximum absolute atomic E-state index is 12.3. The van der Waals surface area contributed by atoms with Crippen LogP contribution in [0.3, 0.4) is 0 Å². The largest absolute Gasteiger partial charge is 0.449 e. The second-order valence-corrected chi connectivity index (χ2v) is 7.21. The third kappa shape index (κ3) is 4.44. The second-order valence-electron chi connectivity index (χ2n) is 7.21. The van der Waals surface area contributed by atoms with Gasteiger partial charge in [-0.3, -0.25) is 19.6 Å². The Bertz CT molecular complexity index is 929. The Hall–Kier alpha value is -3.23. The van der Waals surface area contributed by atoms with Gasteiger partial charge in [-0.1, -0.05) is 12.1 Å². The van der Waals surface area contributed by atoms with E-state index in [0.717, 1.165) is 18.4 Å². The van der Waals surface area contributed by atoms with Crippen molar-refractivity contribution >= 4 is 17.6 Å². The number of likely N-dealkylation sites (tertiary alicyclic amines) is 1. The minimum Gasteiger partial charge on any atom is -0.449 e. The molecule has 0 spiro atoms. The van der Waals surface area contributed by atoms with Crippen LogP contribution in [-0.4, -0.2) is 50.7 Å². The van der Waals surface area contributed by atoms with Gasteiger partial charge < -0.3 is 9.64 Å². The number of nitro groups is 1. The van der Waals surface area contributed by atoms with E-state index in [9.17, 15) is 19.7 Å². The molecule has 3 rings (SSSR count). The van der Waals surface area contributed by atoms with Crippen molar-refractivity contribution in [2.75, 3.05) is 13.1 Å². The maximum atomic E-state index is 12.3. The lowest BCUT2D eigenvalue weighted by Gasteiger charge is -2.20. The molecule has 1 aliphatic rings. The van der Waals surface area contributed by atoms with Crippen LogP contribution < -0.4 is 0 Å². The first-order valence-electron chi connectivity index (χ1n) is 9.55. The van der Waals surface area contributed by atoms with E-state index in [1.54, 1.807) is 54.6 Å². The number of benzene rings is 1. The third-order valence-electron chi connectivity index (χ3n) is 5.10. The van der Waals surface area contributed by atoms with Gasteiger partial charge in [-0.2, -0.15) is 5.10 Å². The molecule has 0 N–H and O–H groups in total. The van der Waals surface area contributed by atoms with Crippen LogP contribution in [0.25, 0.3) is 0 Å². The van der Waals surface area contributed by atoms with Crippen molar-refractivity contribution in [3.63, 3.8) is 0 Å². The van der Waals surface area contributed by atoms with Crippen molar-refractivity contribution in [3.05, 3.63) is 56.9 Å². The summed E-state index contributed by atoms with van der Waals surface area (Å²) in [5, 5.41) is 15.3. The minimum atomic E-state index is -0.824. The molecule has 154 valence electrons. The Morgan fingerprint density at radius 3 is 2.38 bits per heavy atom. The molecule has 0 radical (unpaired) electrons. The highest BCUT2D eigenvalue weighted by Crippen LogP contribution is 2.22. The molecule has 0 unspecified atom stereocenters. The van der Waals surface area contributed by atoms with Crippen LogP contribution in [0, 0.1) is 24.0 Å². The molecule has 2 aromatic rings. The Kier molecular flexibility index (Phi) is 5.95. The number of aromatic nitrogens is 2. The highest BCUT2D eigenvalue weighted by molar-refractivity contribution is 5.92. The lowest BCUT2D eigenvalue weighted by molar-refractivity contribution is -0.386. The second kappa shape index (κ2) is 8.42.